The van der Waals surface area contributed by atoms with E-state index in [1.54, 1.807) is 10.9 Å². The van der Waals surface area contributed by atoms with Gasteiger partial charge in [-0.25, -0.2) is 0 Å². The zero-order valence-electron chi connectivity index (χ0n) is 11.9. The van der Waals surface area contributed by atoms with Crippen LogP contribution < -0.4 is 5.32 Å². The average Bonchev–Trinajstić information content (AvgIpc) is 2.98. The Hall–Kier alpha value is -1.36. The summed E-state index contributed by atoms with van der Waals surface area (Å²) >= 11 is 0. The third-order valence-electron chi connectivity index (χ3n) is 3.85. The van der Waals surface area contributed by atoms with Crippen LogP contribution in [-0.4, -0.2) is 46.8 Å². The molecule has 0 spiro atoms. The van der Waals surface area contributed by atoms with E-state index in [0.29, 0.717) is 5.92 Å². The molecule has 0 aliphatic carbocycles. The molecule has 2 rings (SSSR count). The van der Waals surface area contributed by atoms with Crippen LogP contribution in [0.25, 0.3) is 0 Å². The van der Waals surface area contributed by atoms with Crippen LogP contribution in [-0.2, 0) is 4.79 Å². The number of likely N-dealkylation sites (N-methyl/N-ethyl adjacent to an activating group) is 1. The summed E-state index contributed by atoms with van der Waals surface area (Å²) in [4.78, 5) is 14.5. The molecule has 1 aliphatic rings. The van der Waals surface area contributed by atoms with Gasteiger partial charge in [0.1, 0.15) is 6.04 Å². The molecule has 1 aliphatic heterocycles. The van der Waals surface area contributed by atoms with Gasteiger partial charge in [-0.3, -0.25) is 9.48 Å². The first-order valence-electron chi connectivity index (χ1n) is 7.21. The second kappa shape index (κ2) is 6.70. The summed E-state index contributed by atoms with van der Waals surface area (Å²) in [5.74, 6) is 0.749. The van der Waals surface area contributed by atoms with Crippen LogP contribution in [0.3, 0.4) is 0 Å². The zero-order chi connectivity index (χ0) is 13.7. The van der Waals surface area contributed by atoms with Crippen molar-refractivity contribution in [3.05, 3.63) is 18.5 Å². The van der Waals surface area contributed by atoms with Gasteiger partial charge in [0, 0.05) is 25.5 Å². The van der Waals surface area contributed by atoms with Crippen molar-refractivity contribution in [2.45, 2.75) is 32.7 Å². The molecule has 0 radical (unpaired) electrons. The second-order valence-electron chi connectivity index (χ2n) is 5.25. The van der Waals surface area contributed by atoms with Crippen molar-refractivity contribution in [1.82, 2.24) is 20.0 Å². The number of hydrogen-bond acceptors (Lipinski definition) is 3. The molecule has 1 N–H and O–H groups in total. The van der Waals surface area contributed by atoms with Crippen LogP contribution in [0, 0.1) is 5.92 Å². The number of amides is 1. The number of carbonyl (C=O) groups is 1. The lowest BCUT2D eigenvalue weighted by atomic mass is 9.99. The minimum atomic E-state index is -0.216. The van der Waals surface area contributed by atoms with Crippen molar-refractivity contribution >= 4 is 5.91 Å². The molecule has 2 heterocycles. The summed E-state index contributed by atoms with van der Waals surface area (Å²) in [6.07, 6.45) is 5.99. The lowest BCUT2D eigenvalue weighted by Crippen LogP contribution is -2.43. The largest absolute Gasteiger partial charge is 0.341 e. The summed E-state index contributed by atoms with van der Waals surface area (Å²) < 4.78 is 1.73. The molecular weight excluding hydrogens is 240 g/mol. The number of carbonyl (C=O) groups excluding carboxylic acids is 1. The standard InChI is InChI=1S/C14H24N4O/c1-3-17(11-13-6-4-7-15-10-13)14(19)12(2)18-9-5-8-16-18/h5,8-9,12-13,15H,3-4,6-7,10-11H2,1-2H3. The fourth-order valence-corrected chi connectivity index (χ4v) is 2.65. The number of piperidine rings is 1. The molecule has 0 bridgehead atoms. The fraction of sp³-hybridized carbons (Fsp3) is 0.714. The van der Waals surface area contributed by atoms with Gasteiger partial charge in [-0.2, -0.15) is 5.10 Å². The van der Waals surface area contributed by atoms with E-state index in [9.17, 15) is 4.79 Å². The Morgan fingerprint density at radius 3 is 3.05 bits per heavy atom. The minimum Gasteiger partial charge on any atom is -0.341 e. The molecule has 106 valence electrons. The van der Waals surface area contributed by atoms with E-state index >= 15 is 0 Å². The van der Waals surface area contributed by atoms with Crippen LogP contribution in [0.5, 0.6) is 0 Å². The van der Waals surface area contributed by atoms with Gasteiger partial charge in [0.25, 0.3) is 0 Å². The number of hydrogen-bond donors (Lipinski definition) is 1. The Morgan fingerprint density at radius 1 is 1.63 bits per heavy atom. The molecule has 1 saturated heterocycles. The smallest absolute Gasteiger partial charge is 0.247 e. The predicted molar refractivity (Wildman–Crippen MR) is 74.8 cm³/mol. The lowest BCUT2D eigenvalue weighted by Gasteiger charge is -2.31. The van der Waals surface area contributed by atoms with Gasteiger partial charge >= 0.3 is 0 Å². The summed E-state index contributed by atoms with van der Waals surface area (Å²) in [5.41, 5.74) is 0. The predicted octanol–water partition coefficient (Wildman–Crippen LogP) is 1.29. The van der Waals surface area contributed by atoms with E-state index in [2.05, 4.69) is 10.4 Å². The molecule has 5 nitrogen and oxygen atoms in total. The van der Waals surface area contributed by atoms with Gasteiger partial charge in [-0.1, -0.05) is 0 Å². The first kappa shape index (κ1) is 14.1. The number of rotatable bonds is 5. The van der Waals surface area contributed by atoms with Crippen LogP contribution in [0.2, 0.25) is 0 Å². The summed E-state index contributed by atoms with van der Waals surface area (Å²) in [7, 11) is 0. The molecule has 1 fully saturated rings. The Kier molecular flexibility index (Phi) is 4.96. The molecule has 0 saturated carbocycles. The molecule has 2 unspecified atom stereocenters. The molecule has 19 heavy (non-hydrogen) atoms. The SMILES string of the molecule is CCN(CC1CCCNC1)C(=O)C(C)n1cccn1. The van der Waals surface area contributed by atoms with E-state index < -0.39 is 0 Å². The molecule has 1 aromatic rings. The van der Waals surface area contributed by atoms with Crippen LogP contribution in [0.15, 0.2) is 18.5 Å². The lowest BCUT2D eigenvalue weighted by molar-refractivity contribution is -0.135. The summed E-state index contributed by atoms with van der Waals surface area (Å²) in [6.45, 7) is 7.72. The molecule has 0 aromatic carbocycles. The molecule has 1 amide bonds. The third-order valence-corrected chi connectivity index (χ3v) is 3.85. The van der Waals surface area contributed by atoms with Gasteiger partial charge in [-0.05, 0) is 51.8 Å². The topological polar surface area (TPSA) is 50.2 Å². The first-order chi connectivity index (χ1) is 9.22. The van der Waals surface area contributed by atoms with Crippen molar-refractivity contribution < 1.29 is 4.79 Å². The average molecular weight is 264 g/mol. The monoisotopic (exact) mass is 264 g/mol. The van der Waals surface area contributed by atoms with Crippen molar-refractivity contribution in [2.24, 2.45) is 5.92 Å². The van der Waals surface area contributed by atoms with E-state index in [-0.39, 0.29) is 11.9 Å². The highest BCUT2D eigenvalue weighted by Gasteiger charge is 2.24. The highest BCUT2D eigenvalue weighted by Crippen LogP contribution is 2.15. The Balaban J connectivity index is 1.94. The van der Waals surface area contributed by atoms with E-state index in [1.165, 1.54) is 12.8 Å². The minimum absolute atomic E-state index is 0.164. The summed E-state index contributed by atoms with van der Waals surface area (Å²) in [5, 5.41) is 7.56. The summed E-state index contributed by atoms with van der Waals surface area (Å²) in [6, 6.07) is 1.64. The van der Waals surface area contributed by atoms with Crippen molar-refractivity contribution in [1.29, 1.82) is 0 Å². The van der Waals surface area contributed by atoms with Gasteiger partial charge in [-0.15, -0.1) is 0 Å². The Bertz CT molecular complexity index is 384. The maximum atomic E-state index is 12.5. The molecule has 2 atom stereocenters. The quantitative estimate of drug-likeness (QED) is 0.872. The second-order valence-corrected chi connectivity index (χ2v) is 5.25. The fourth-order valence-electron chi connectivity index (χ4n) is 2.65. The van der Waals surface area contributed by atoms with Crippen molar-refractivity contribution in [3.8, 4) is 0 Å². The van der Waals surface area contributed by atoms with Gasteiger partial charge < -0.3 is 10.2 Å². The van der Waals surface area contributed by atoms with Crippen LogP contribution in [0.4, 0.5) is 0 Å². The molecular formula is C14H24N4O. The maximum absolute atomic E-state index is 12.5. The van der Waals surface area contributed by atoms with E-state index in [4.69, 9.17) is 0 Å². The first-order valence-corrected chi connectivity index (χ1v) is 7.21. The van der Waals surface area contributed by atoms with Crippen LogP contribution in [0.1, 0.15) is 32.7 Å². The number of nitrogens with zero attached hydrogens (tertiary/aromatic N) is 3. The van der Waals surface area contributed by atoms with E-state index in [1.807, 2.05) is 31.0 Å². The number of nitrogens with one attached hydrogen (secondary N) is 1. The highest BCUT2D eigenvalue weighted by molar-refractivity contribution is 5.79. The van der Waals surface area contributed by atoms with Gasteiger partial charge in [0.15, 0.2) is 0 Å². The third kappa shape index (κ3) is 3.56. The van der Waals surface area contributed by atoms with Crippen LogP contribution >= 0.6 is 0 Å². The van der Waals surface area contributed by atoms with E-state index in [0.717, 1.165) is 26.2 Å². The van der Waals surface area contributed by atoms with Crippen molar-refractivity contribution in [2.75, 3.05) is 26.2 Å². The number of aromatic nitrogens is 2. The zero-order valence-corrected chi connectivity index (χ0v) is 11.9. The highest BCUT2D eigenvalue weighted by atomic mass is 16.2. The Morgan fingerprint density at radius 2 is 2.47 bits per heavy atom. The normalized spacial score (nSPS) is 21.1. The van der Waals surface area contributed by atoms with Crippen molar-refractivity contribution in [3.63, 3.8) is 0 Å². The molecule has 1 aromatic heterocycles. The Labute approximate surface area is 115 Å². The maximum Gasteiger partial charge on any atom is 0.247 e. The molecule has 5 heteroatoms. The van der Waals surface area contributed by atoms with Gasteiger partial charge in [0.2, 0.25) is 5.91 Å². The van der Waals surface area contributed by atoms with Gasteiger partial charge in [0.05, 0.1) is 0 Å².